The third-order valence-corrected chi connectivity index (χ3v) is 3.59. The minimum atomic E-state index is 0.342. The van der Waals surface area contributed by atoms with Gasteiger partial charge in [-0.05, 0) is 42.5 Å². The van der Waals surface area contributed by atoms with Gasteiger partial charge in [0.15, 0.2) is 0 Å². The summed E-state index contributed by atoms with van der Waals surface area (Å²) in [5.41, 5.74) is 6.60. The van der Waals surface area contributed by atoms with Crippen LogP contribution in [0.1, 0.15) is 31.7 Å². The lowest BCUT2D eigenvalue weighted by atomic mass is 9.87. The zero-order chi connectivity index (χ0) is 11.4. The summed E-state index contributed by atoms with van der Waals surface area (Å²) in [5, 5.41) is 1.50. The molecule has 1 nitrogen and oxygen atoms in total. The highest BCUT2D eigenvalue weighted by Crippen LogP contribution is 2.36. The van der Waals surface area contributed by atoms with Crippen LogP contribution in [0.5, 0.6) is 0 Å². The molecular formula is C12H17Cl2N. The number of halogens is 2. The molecule has 0 aliphatic rings. The van der Waals surface area contributed by atoms with Gasteiger partial charge in [0.05, 0.1) is 0 Å². The maximum Gasteiger partial charge on any atom is 0.0455 e. The molecule has 0 saturated carbocycles. The predicted molar refractivity (Wildman–Crippen MR) is 67.7 cm³/mol. The first-order valence-electron chi connectivity index (χ1n) is 5.22. The fourth-order valence-corrected chi connectivity index (χ4v) is 2.48. The number of rotatable bonds is 4. The molecule has 1 aromatic rings. The number of hydrogen-bond donors (Lipinski definition) is 1. The van der Waals surface area contributed by atoms with E-state index in [1.165, 1.54) is 0 Å². The molecule has 2 unspecified atom stereocenters. The highest BCUT2D eigenvalue weighted by Gasteiger charge is 2.18. The Labute approximate surface area is 102 Å². The van der Waals surface area contributed by atoms with E-state index in [1.54, 1.807) is 0 Å². The minimum Gasteiger partial charge on any atom is -0.330 e. The van der Waals surface area contributed by atoms with Crippen molar-refractivity contribution in [3.05, 3.63) is 33.8 Å². The standard InChI is InChI=1S/C12H17Cl2N/c1-8(6-7-15)9(2)12-10(13)4-3-5-11(12)14/h3-5,8-9H,6-7,15H2,1-2H3. The van der Waals surface area contributed by atoms with Gasteiger partial charge >= 0.3 is 0 Å². The zero-order valence-electron chi connectivity index (χ0n) is 9.13. The van der Waals surface area contributed by atoms with E-state index < -0.39 is 0 Å². The van der Waals surface area contributed by atoms with Gasteiger partial charge in [-0.15, -0.1) is 0 Å². The van der Waals surface area contributed by atoms with Crippen LogP contribution in [-0.4, -0.2) is 6.54 Å². The van der Waals surface area contributed by atoms with Crippen LogP contribution in [0.25, 0.3) is 0 Å². The fourth-order valence-electron chi connectivity index (χ4n) is 1.74. The van der Waals surface area contributed by atoms with E-state index in [0.717, 1.165) is 22.0 Å². The SMILES string of the molecule is CC(CCN)C(C)c1c(Cl)cccc1Cl. The molecule has 0 aliphatic carbocycles. The molecule has 1 rings (SSSR count). The van der Waals surface area contributed by atoms with Crippen molar-refractivity contribution in [2.75, 3.05) is 6.54 Å². The quantitative estimate of drug-likeness (QED) is 0.850. The summed E-state index contributed by atoms with van der Waals surface area (Å²) in [4.78, 5) is 0. The summed E-state index contributed by atoms with van der Waals surface area (Å²) in [5.74, 6) is 0.835. The number of hydrogen-bond acceptors (Lipinski definition) is 1. The molecule has 84 valence electrons. The molecule has 0 saturated heterocycles. The van der Waals surface area contributed by atoms with Gasteiger partial charge in [-0.1, -0.05) is 43.1 Å². The molecule has 2 atom stereocenters. The lowest BCUT2D eigenvalue weighted by molar-refractivity contribution is 0.459. The van der Waals surface area contributed by atoms with Crippen LogP contribution in [0.4, 0.5) is 0 Å². The maximum absolute atomic E-state index is 6.15. The summed E-state index contributed by atoms with van der Waals surface area (Å²) in [7, 11) is 0. The molecule has 2 N–H and O–H groups in total. The van der Waals surface area contributed by atoms with Crippen molar-refractivity contribution < 1.29 is 0 Å². The Kier molecular flexibility index (Phi) is 4.91. The van der Waals surface area contributed by atoms with Gasteiger partial charge in [0.2, 0.25) is 0 Å². The molecule has 0 aromatic heterocycles. The summed E-state index contributed by atoms with van der Waals surface area (Å²) in [6.07, 6.45) is 0.989. The normalized spacial score (nSPS) is 15.0. The smallest absolute Gasteiger partial charge is 0.0455 e. The molecule has 0 amide bonds. The van der Waals surface area contributed by atoms with Gasteiger partial charge in [0.25, 0.3) is 0 Å². The van der Waals surface area contributed by atoms with Crippen molar-refractivity contribution in [1.29, 1.82) is 0 Å². The van der Waals surface area contributed by atoms with Crippen LogP contribution in [0, 0.1) is 5.92 Å². The molecule has 0 bridgehead atoms. The van der Waals surface area contributed by atoms with Crippen LogP contribution >= 0.6 is 23.2 Å². The zero-order valence-corrected chi connectivity index (χ0v) is 10.6. The lowest BCUT2D eigenvalue weighted by Crippen LogP contribution is -2.12. The summed E-state index contributed by atoms with van der Waals surface area (Å²) < 4.78 is 0. The molecule has 0 spiro atoms. The minimum absolute atomic E-state index is 0.342. The highest BCUT2D eigenvalue weighted by atomic mass is 35.5. The van der Waals surface area contributed by atoms with Gasteiger partial charge in [-0.25, -0.2) is 0 Å². The van der Waals surface area contributed by atoms with E-state index in [9.17, 15) is 0 Å². The molecule has 0 heterocycles. The molecular weight excluding hydrogens is 229 g/mol. The fraction of sp³-hybridized carbons (Fsp3) is 0.500. The molecule has 0 radical (unpaired) electrons. The van der Waals surface area contributed by atoms with Crippen LogP contribution in [0.3, 0.4) is 0 Å². The lowest BCUT2D eigenvalue weighted by Gasteiger charge is -2.21. The van der Waals surface area contributed by atoms with Crippen molar-refractivity contribution >= 4 is 23.2 Å². The summed E-state index contributed by atoms with van der Waals surface area (Å²) >= 11 is 12.3. The third-order valence-electron chi connectivity index (χ3n) is 2.93. The average molecular weight is 246 g/mol. The Morgan fingerprint density at radius 1 is 1.20 bits per heavy atom. The Morgan fingerprint density at radius 3 is 2.20 bits per heavy atom. The second-order valence-electron chi connectivity index (χ2n) is 3.98. The van der Waals surface area contributed by atoms with Crippen LogP contribution in [0.15, 0.2) is 18.2 Å². The third kappa shape index (κ3) is 3.10. The van der Waals surface area contributed by atoms with Crippen molar-refractivity contribution in [2.24, 2.45) is 11.7 Å². The highest BCUT2D eigenvalue weighted by molar-refractivity contribution is 6.36. The Balaban J connectivity index is 2.94. The predicted octanol–water partition coefficient (Wildman–Crippen LogP) is 4.08. The Morgan fingerprint density at radius 2 is 1.73 bits per heavy atom. The largest absolute Gasteiger partial charge is 0.330 e. The van der Waals surface area contributed by atoms with E-state index in [0.29, 0.717) is 18.4 Å². The van der Waals surface area contributed by atoms with Crippen molar-refractivity contribution in [3.63, 3.8) is 0 Å². The molecule has 3 heteroatoms. The van der Waals surface area contributed by atoms with E-state index >= 15 is 0 Å². The van der Waals surface area contributed by atoms with E-state index in [4.69, 9.17) is 28.9 Å². The topological polar surface area (TPSA) is 26.0 Å². The number of nitrogens with two attached hydrogens (primary N) is 1. The van der Waals surface area contributed by atoms with Gasteiger partial charge in [0, 0.05) is 10.0 Å². The van der Waals surface area contributed by atoms with Crippen LogP contribution in [0.2, 0.25) is 10.0 Å². The Hall–Kier alpha value is -0.240. The first-order chi connectivity index (χ1) is 7.07. The second-order valence-corrected chi connectivity index (χ2v) is 4.79. The van der Waals surface area contributed by atoms with E-state index in [-0.39, 0.29) is 0 Å². The molecule has 0 aliphatic heterocycles. The van der Waals surface area contributed by atoms with Crippen molar-refractivity contribution in [2.45, 2.75) is 26.2 Å². The average Bonchev–Trinajstić information content (AvgIpc) is 2.17. The first-order valence-corrected chi connectivity index (χ1v) is 5.97. The van der Waals surface area contributed by atoms with Crippen LogP contribution in [-0.2, 0) is 0 Å². The van der Waals surface area contributed by atoms with E-state index in [1.807, 2.05) is 18.2 Å². The molecule has 1 aromatic carbocycles. The van der Waals surface area contributed by atoms with Gasteiger partial charge in [-0.3, -0.25) is 0 Å². The van der Waals surface area contributed by atoms with E-state index in [2.05, 4.69) is 13.8 Å². The maximum atomic E-state index is 6.15. The molecule has 15 heavy (non-hydrogen) atoms. The second kappa shape index (κ2) is 5.74. The van der Waals surface area contributed by atoms with Gasteiger partial charge in [-0.2, -0.15) is 0 Å². The van der Waals surface area contributed by atoms with Crippen molar-refractivity contribution in [3.8, 4) is 0 Å². The van der Waals surface area contributed by atoms with Gasteiger partial charge in [0.1, 0.15) is 0 Å². The summed E-state index contributed by atoms with van der Waals surface area (Å²) in [6.45, 7) is 5.03. The molecule has 0 fully saturated rings. The van der Waals surface area contributed by atoms with Crippen LogP contribution < -0.4 is 5.73 Å². The first kappa shape index (κ1) is 12.8. The van der Waals surface area contributed by atoms with Crippen molar-refractivity contribution in [1.82, 2.24) is 0 Å². The number of benzene rings is 1. The van der Waals surface area contributed by atoms with Gasteiger partial charge < -0.3 is 5.73 Å². The summed E-state index contributed by atoms with van der Waals surface area (Å²) in [6, 6.07) is 5.64. The Bertz CT molecular complexity index is 305. The monoisotopic (exact) mass is 245 g/mol.